The number of likely N-dealkylation sites (N-methyl/N-ethyl adjacent to an activating group) is 1. The molecule has 0 fully saturated rings. The van der Waals surface area contributed by atoms with Gasteiger partial charge in [0.1, 0.15) is 0 Å². The van der Waals surface area contributed by atoms with E-state index in [4.69, 9.17) is 0 Å². The summed E-state index contributed by atoms with van der Waals surface area (Å²) in [5, 5.41) is 0. The maximum absolute atomic E-state index is 4.26. The van der Waals surface area contributed by atoms with Crippen LogP contribution in [0.4, 0.5) is 0 Å². The molecule has 0 saturated heterocycles. The van der Waals surface area contributed by atoms with Crippen molar-refractivity contribution in [1.29, 1.82) is 0 Å². The van der Waals surface area contributed by atoms with Crippen molar-refractivity contribution in [2.24, 2.45) is 0 Å². The second-order valence-electron chi connectivity index (χ2n) is 5.44. The molecule has 0 N–H and O–H groups in total. The number of thiol groups is 1. The van der Waals surface area contributed by atoms with Gasteiger partial charge in [0.2, 0.25) is 0 Å². The van der Waals surface area contributed by atoms with Gasteiger partial charge < -0.3 is 4.90 Å². The van der Waals surface area contributed by atoms with Gasteiger partial charge in [0, 0.05) is 6.54 Å². The molecule has 0 amide bonds. The molecule has 0 aliphatic heterocycles. The number of hydrogen-bond donors (Lipinski definition) is 1. The third kappa shape index (κ3) is 4.03. The van der Waals surface area contributed by atoms with E-state index in [9.17, 15) is 0 Å². The molecule has 18 heavy (non-hydrogen) atoms. The Labute approximate surface area is 117 Å². The normalized spacial score (nSPS) is 14.8. The zero-order valence-electron chi connectivity index (χ0n) is 11.5. The van der Waals surface area contributed by atoms with Crippen LogP contribution >= 0.6 is 12.6 Å². The van der Waals surface area contributed by atoms with Crippen LogP contribution in [0.2, 0.25) is 0 Å². The highest BCUT2D eigenvalue weighted by Gasteiger charge is 2.09. The SMILES string of the molecule is CN(CCCS)CCc1ccc2c(c1)CCCC2. The Balaban J connectivity index is 1.86. The highest BCUT2D eigenvalue weighted by Crippen LogP contribution is 2.22. The first-order chi connectivity index (χ1) is 8.79. The summed E-state index contributed by atoms with van der Waals surface area (Å²) < 4.78 is 0. The first-order valence-corrected chi connectivity index (χ1v) is 7.83. The smallest absolute Gasteiger partial charge is 0.00188 e. The van der Waals surface area contributed by atoms with Crippen molar-refractivity contribution < 1.29 is 0 Å². The van der Waals surface area contributed by atoms with E-state index in [0.717, 1.165) is 18.8 Å². The van der Waals surface area contributed by atoms with Crippen molar-refractivity contribution in [3.05, 3.63) is 34.9 Å². The minimum atomic E-state index is 0.989. The fourth-order valence-corrected chi connectivity index (χ4v) is 2.86. The molecule has 1 aliphatic rings. The van der Waals surface area contributed by atoms with E-state index in [-0.39, 0.29) is 0 Å². The molecule has 0 radical (unpaired) electrons. The largest absolute Gasteiger partial charge is 0.306 e. The Morgan fingerprint density at radius 3 is 2.67 bits per heavy atom. The number of fused-ring (bicyclic) bond motifs is 1. The Kier molecular flexibility index (Phi) is 5.58. The van der Waals surface area contributed by atoms with Gasteiger partial charge in [0.25, 0.3) is 0 Å². The average Bonchev–Trinajstić information content (AvgIpc) is 2.42. The highest BCUT2D eigenvalue weighted by molar-refractivity contribution is 7.80. The number of rotatable bonds is 6. The number of hydrogen-bond acceptors (Lipinski definition) is 2. The van der Waals surface area contributed by atoms with E-state index in [1.807, 2.05) is 0 Å². The molecular weight excluding hydrogens is 238 g/mol. The van der Waals surface area contributed by atoms with Crippen molar-refractivity contribution in [2.45, 2.75) is 38.5 Å². The summed E-state index contributed by atoms with van der Waals surface area (Å²) in [6.07, 6.45) is 7.69. The lowest BCUT2D eigenvalue weighted by atomic mass is 9.90. The average molecular weight is 263 g/mol. The van der Waals surface area contributed by atoms with Gasteiger partial charge >= 0.3 is 0 Å². The minimum Gasteiger partial charge on any atom is -0.306 e. The quantitative estimate of drug-likeness (QED) is 0.770. The summed E-state index contributed by atoms with van der Waals surface area (Å²) in [5.74, 6) is 0.989. The highest BCUT2D eigenvalue weighted by atomic mass is 32.1. The lowest BCUT2D eigenvalue weighted by molar-refractivity contribution is 0.340. The standard InChI is InChI=1S/C16H25NS/c1-17(10-4-12-18)11-9-14-7-8-15-5-2-3-6-16(15)13-14/h7-8,13,18H,2-6,9-12H2,1H3. The number of benzene rings is 1. The lowest BCUT2D eigenvalue weighted by Crippen LogP contribution is -2.22. The summed E-state index contributed by atoms with van der Waals surface area (Å²) in [6.45, 7) is 2.32. The predicted octanol–water partition coefficient (Wildman–Crippen LogP) is 3.36. The zero-order valence-corrected chi connectivity index (χ0v) is 12.4. The number of nitrogens with zero attached hydrogens (tertiary/aromatic N) is 1. The van der Waals surface area contributed by atoms with Crippen LogP contribution in [-0.2, 0) is 19.3 Å². The van der Waals surface area contributed by atoms with Gasteiger partial charge in [0.05, 0.1) is 0 Å². The van der Waals surface area contributed by atoms with Crippen molar-refractivity contribution in [3.63, 3.8) is 0 Å². The maximum Gasteiger partial charge on any atom is 0.00188 e. The summed E-state index contributed by atoms with van der Waals surface area (Å²) in [6, 6.07) is 7.13. The number of aryl methyl sites for hydroxylation is 2. The van der Waals surface area contributed by atoms with Gasteiger partial charge in [-0.3, -0.25) is 0 Å². The third-order valence-electron chi connectivity index (χ3n) is 3.89. The van der Waals surface area contributed by atoms with Crippen LogP contribution in [0, 0.1) is 0 Å². The predicted molar refractivity (Wildman–Crippen MR) is 82.8 cm³/mol. The summed E-state index contributed by atoms with van der Waals surface area (Å²) in [5.41, 5.74) is 4.71. The monoisotopic (exact) mass is 263 g/mol. The molecule has 0 bridgehead atoms. The minimum absolute atomic E-state index is 0.989. The Morgan fingerprint density at radius 2 is 1.89 bits per heavy atom. The molecular formula is C16H25NS. The van der Waals surface area contributed by atoms with Crippen LogP contribution in [0.15, 0.2) is 18.2 Å². The van der Waals surface area contributed by atoms with E-state index in [0.29, 0.717) is 0 Å². The van der Waals surface area contributed by atoms with Crippen molar-refractivity contribution in [2.75, 3.05) is 25.9 Å². The molecule has 1 nitrogen and oxygen atoms in total. The molecule has 1 aromatic carbocycles. The molecule has 0 heterocycles. The van der Waals surface area contributed by atoms with Gasteiger partial charge in [0.15, 0.2) is 0 Å². The molecule has 1 aliphatic carbocycles. The van der Waals surface area contributed by atoms with Crippen LogP contribution in [0.3, 0.4) is 0 Å². The van der Waals surface area contributed by atoms with Gasteiger partial charge in [-0.2, -0.15) is 12.6 Å². The molecule has 2 rings (SSSR count). The van der Waals surface area contributed by atoms with Crippen LogP contribution < -0.4 is 0 Å². The third-order valence-corrected chi connectivity index (χ3v) is 4.21. The lowest BCUT2D eigenvalue weighted by Gasteiger charge is -2.19. The molecule has 0 atom stereocenters. The first-order valence-electron chi connectivity index (χ1n) is 7.19. The van der Waals surface area contributed by atoms with Gasteiger partial charge in [-0.25, -0.2) is 0 Å². The van der Waals surface area contributed by atoms with Gasteiger partial charge in [-0.05, 0) is 74.6 Å². The fraction of sp³-hybridized carbons (Fsp3) is 0.625. The second-order valence-corrected chi connectivity index (χ2v) is 5.89. The Morgan fingerprint density at radius 1 is 1.11 bits per heavy atom. The molecule has 0 spiro atoms. The van der Waals surface area contributed by atoms with Crippen LogP contribution in [-0.4, -0.2) is 30.8 Å². The second kappa shape index (κ2) is 7.20. The summed E-state index contributed by atoms with van der Waals surface area (Å²) >= 11 is 4.26. The maximum atomic E-state index is 4.26. The molecule has 0 aromatic heterocycles. The van der Waals surface area contributed by atoms with E-state index < -0.39 is 0 Å². The van der Waals surface area contributed by atoms with E-state index in [1.165, 1.54) is 44.1 Å². The van der Waals surface area contributed by atoms with E-state index in [1.54, 1.807) is 11.1 Å². The summed E-state index contributed by atoms with van der Waals surface area (Å²) in [7, 11) is 2.21. The Bertz CT molecular complexity index is 375. The molecule has 1 aromatic rings. The summed E-state index contributed by atoms with van der Waals surface area (Å²) in [4.78, 5) is 2.41. The zero-order chi connectivity index (χ0) is 12.8. The van der Waals surface area contributed by atoms with Crippen LogP contribution in [0.5, 0.6) is 0 Å². The van der Waals surface area contributed by atoms with Crippen molar-refractivity contribution in [3.8, 4) is 0 Å². The molecule has 0 saturated carbocycles. The van der Waals surface area contributed by atoms with Crippen molar-refractivity contribution >= 4 is 12.6 Å². The van der Waals surface area contributed by atoms with Gasteiger partial charge in [-0.1, -0.05) is 18.2 Å². The topological polar surface area (TPSA) is 3.24 Å². The van der Waals surface area contributed by atoms with E-state index in [2.05, 4.69) is 42.8 Å². The van der Waals surface area contributed by atoms with Crippen LogP contribution in [0.25, 0.3) is 0 Å². The molecule has 0 unspecified atom stereocenters. The Hall–Kier alpha value is -0.470. The first kappa shape index (κ1) is 14.0. The van der Waals surface area contributed by atoms with Crippen molar-refractivity contribution in [1.82, 2.24) is 4.90 Å². The van der Waals surface area contributed by atoms with E-state index >= 15 is 0 Å². The van der Waals surface area contributed by atoms with Gasteiger partial charge in [-0.15, -0.1) is 0 Å². The van der Waals surface area contributed by atoms with Crippen LogP contribution in [0.1, 0.15) is 36.0 Å². The molecule has 100 valence electrons. The fourth-order valence-electron chi connectivity index (χ4n) is 2.71. The molecule has 2 heteroatoms.